The van der Waals surface area contributed by atoms with Crippen molar-refractivity contribution in [3.05, 3.63) is 113 Å². The minimum absolute atomic E-state index is 0.00960. The van der Waals surface area contributed by atoms with Gasteiger partial charge in [0.05, 0.1) is 76.5 Å². The zero-order valence-electron chi connectivity index (χ0n) is 26.2. The number of hydrogen-bond acceptors (Lipinski definition) is 7. The first-order valence-electron chi connectivity index (χ1n) is 15.0. The Labute approximate surface area is 266 Å². The molecular weight excluding hydrogens is 578 g/mol. The minimum atomic E-state index is -0.658. The number of nitriles is 1. The molecule has 230 valence electrons. The van der Waals surface area contributed by atoms with Gasteiger partial charge in [-0.3, -0.25) is 14.1 Å². The van der Waals surface area contributed by atoms with Gasteiger partial charge in [0, 0.05) is 23.4 Å². The summed E-state index contributed by atoms with van der Waals surface area (Å²) >= 11 is 0. The second-order valence-electron chi connectivity index (χ2n) is 11.7. The zero-order chi connectivity index (χ0) is 32.6. The molecule has 9 heteroatoms. The summed E-state index contributed by atoms with van der Waals surface area (Å²) in [6.07, 6.45) is 1.72. The van der Waals surface area contributed by atoms with E-state index in [9.17, 15) is 14.9 Å². The first-order valence-corrected chi connectivity index (χ1v) is 15.0. The quantitative estimate of drug-likeness (QED) is 0.135. The molecule has 0 radical (unpaired) electrons. The van der Waals surface area contributed by atoms with Gasteiger partial charge in [0.2, 0.25) is 0 Å². The van der Waals surface area contributed by atoms with Crippen LogP contribution in [0.4, 0.5) is 0 Å². The van der Waals surface area contributed by atoms with Gasteiger partial charge in [-0.25, -0.2) is 14.6 Å². The molecule has 0 aliphatic carbocycles. The van der Waals surface area contributed by atoms with Crippen LogP contribution in [0.1, 0.15) is 32.0 Å². The number of aryl methyl sites for hydroxylation is 1. The summed E-state index contributed by atoms with van der Waals surface area (Å²) in [7, 11) is 1.73. The molecular formula is C37H33N5O4. The molecule has 6 rings (SSSR count). The number of para-hydroxylation sites is 1. The first-order chi connectivity index (χ1) is 22.1. The van der Waals surface area contributed by atoms with Crippen LogP contribution in [0.5, 0.6) is 0 Å². The molecule has 0 atom stereocenters. The van der Waals surface area contributed by atoms with Crippen molar-refractivity contribution in [2.45, 2.75) is 32.8 Å². The fourth-order valence-electron chi connectivity index (χ4n) is 5.57. The summed E-state index contributed by atoms with van der Waals surface area (Å²) < 4.78 is 14.2. The molecule has 3 aromatic carbocycles. The molecule has 46 heavy (non-hydrogen) atoms. The Morgan fingerprint density at radius 3 is 2.54 bits per heavy atom. The van der Waals surface area contributed by atoms with Crippen molar-refractivity contribution in [3.8, 4) is 22.9 Å². The Morgan fingerprint density at radius 1 is 1.04 bits per heavy atom. The Bertz CT molecular complexity index is 2260. The van der Waals surface area contributed by atoms with Gasteiger partial charge in [-0.2, -0.15) is 5.26 Å². The van der Waals surface area contributed by atoms with Crippen LogP contribution in [0, 0.1) is 11.3 Å². The molecule has 0 N–H and O–H groups in total. The van der Waals surface area contributed by atoms with Crippen molar-refractivity contribution >= 4 is 38.8 Å². The van der Waals surface area contributed by atoms with Gasteiger partial charge in [-0.1, -0.05) is 43.0 Å². The maximum absolute atomic E-state index is 13.7. The second kappa shape index (κ2) is 12.1. The number of rotatable bonds is 9. The summed E-state index contributed by atoms with van der Waals surface area (Å²) in [4.78, 5) is 35.3. The SMILES string of the molecule is C=C(COCc1nc2ccccc2cc1-c1ccc2ncc3c(c2c1)n(-c1ccc(C(C)(C)C#N)cc1)c(=O)n3C)C(=O)OCC. The smallest absolute Gasteiger partial charge is 0.335 e. The van der Waals surface area contributed by atoms with Crippen LogP contribution in [-0.4, -0.2) is 38.3 Å². The highest BCUT2D eigenvalue weighted by Gasteiger charge is 2.21. The highest BCUT2D eigenvalue weighted by Crippen LogP contribution is 2.33. The topological polar surface area (TPSA) is 112 Å². The van der Waals surface area contributed by atoms with Gasteiger partial charge in [0.1, 0.15) is 0 Å². The van der Waals surface area contributed by atoms with Crippen molar-refractivity contribution in [1.82, 2.24) is 19.1 Å². The first kappa shape index (κ1) is 30.4. The Kier molecular flexibility index (Phi) is 7.99. The second-order valence-corrected chi connectivity index (χ2v) is 11.7. The molecule has 0 saturated carbocycles. The molecule has 0 saturated heterocycles. The fourth-order valence-corrected chi connectivity index (χ4v) is 5.57. The van der Waals surface area contributed by atoms with E-state index in [1.165, 1.54) is 0 Å². The third-order valence-electron chi connectivity index (χ3n) is 8.20. The van der Waals surface area contributed by atoms with E-state index in [2.05, 4.69) is 23.7 Å². The molecule has 0 aliphatic rings. The molecule has 3 heterocycles. The van der Waals surface area contributed by atoms with Crippen molar-refractivity contribution in [1.29, 1.82) is 5.26 Å². The average molecular weight is 612 g/mol. The maximum Gasteiger partial charge on any atom is 0.335 e. The van der Waals surface area contributed by atoms with Crippen molar-refractivity contribution in [2.24, 2.45) is 7.05 Å². The Morgan fingerprint density at radius 2 is 1.80 bits per heavy atom. The largest absolute Gasteiger partial charge is 0.463 e. The zero-order valence-corrected chi connectivity index (χ0v) is 26.2. The summed E-state index contributed by atoms with van der Waals surface area (Å²) in [6.45, 7) is 9.67. The summed E-state index contributed by atoms with van der Waals surface area (Å²) in [5.41, 5.74) is 6.31. The van der Waals surface area contributed by atoms with Crippen molar-refractivity contribution in [2.75, 3.05) is 13.2 Å². The molecule has 0 fully saturated rings. The number of nitrogens with zero attached hydrogens (tertiary/aromatic N) is 5. The van der Waals surface area contributed by atoms with Crippen LogP contribution >= 0.6 is 0 Å². The molecule has 0 unspecified atom stereocenters. The summed E-state index contributed by atoms with van der Waals surface area (Å²) in [5, 5.41) is 11.4. The molecule has 9 nitrogen and oxygen atoms in total. The van der Waals surface area contributed by atoms with Gasteiger partial charge in [-0.15, -0.1) is 0 Å². The number of carbonyl (C=O) groups is 1. The standard InChI is InChI=1S/C37H33N5O4/c1-6-46-35(43)23(2)20-45-21-32-28(18-25-9-7-8-10-30(25)40-32)24-11-16-31-29(17-24)34-33(19-39-31)41(5)36(44)42(34)27-14-12-26(13-15-27)37(3,4)22-38/h7-19H,2,6,20-21H2,1,3-5H3. The maximum atomic E-state index is 13.7. The lowest BCUT2D eigenvalue weighted by Gasteiger charge is -2.16. The van der Waals surface area contributed by atoms with Crippen LogP contribution in [0.25, 0.3) is 49.7 Å². The highest BCUT2D eigenvalue weighted by molar-refractivity contribution is 6.05. The summed E-state index contributed by atoms with van der Waals surface area (Å²) in [5.74, 6) is -0.488. The lowest BCUT2D eigenvalue weighted by Crippen LogP contribution is -2.21. The van der Waals surface area contributed by atoms with Gasteiger partial charge < -0.3 is 9.47 Å². The minimum Gasteiger partial charge on any atom is -0.463 e. The highest BCUT2D eigenvalue weighted by atomic mass is 16.5. The van der Waals surface area contributed by atoms with Crippen LogP contribution in [0.2, 0.25) is 0 Å². The van der Waals surface area contributed by atoms with Gasteiger partial charge in [-0.05, 0) is 68.3 Å². The summed E-state index contributed by atoms with van der Waals surface area (Å²) in [6, 6.07) is 25.7. The van der Waals surface area contributed by atoms with E-state index in [1.54, 1.807) is 29.3 Å². The Balaban J connectivity index is 1.49. The lowest BCUT2D eigenvalue weighted by molar-refractivity contribution is -0.139. The number of carbonyl (C=O) groups excluding carboxylic acids is 1. The van der Waals surface area contributed by atoms with E-state index in [-0.39, 0.29) is 31.1 Å². The van der Waals surface area contributed by atoms with E-state index < -0.39 is 11.4 Å². The number of esters is 1. The number of imidazole rings is 1. The number of fused-ring (bicyclic) bond motifs is 4. The van der Waals surface area contributed by atoms with Crippen LogP contribution in [-0.2, 0) is 33.3 Å². The number of aromatic nitrogens is 4. The van der Waals surface area contributed by atoms with Crippen molar-refractivity contribution in [3.63, 3.8) is 0 Å². The van der Waals surface area contributed by atoms with Crippen molar-refractivity contribution < 1.29 is 14.3 Å². The average Bonchev–Trinajstić information content (AvgIpc) is 3.33. The predicted molar refractivity (Wildman–Crippen MR) is 179 cm³/mol. The van der Waals surface area contributed by atoms with Gasteiger partial charge in [0.15, 0.2) is 0 Å². The van der Waals surface area contributed by atoms with E-state index in [0.717, 1.165) is 44.0 Å². The number of hydrogen-bond donors (Lipinski definition) is 0. The van der Waals surface area contributed by atoms with E-state index in [4.69, 9.17) is 14.5 Å². The molecule has 0 amide bonds. The number of pyridine rings is 2. The van der Waals surface area contributed by atoms with Crippen LogP contribution in [0.3, 0.4) is 0 Å². The molecule has 0 spiro atoms. The predicted octanol–water partition coefficient (Wildman–Crippen LogP) is 6.53. The molecule has 3 aromatic heterocycles. The van der Waals surface area contributed by atoms with E-state index in [0.29, 0.717) is 16.9 Å². The number of ether oxygens (including phenoxy) is 2. The van der Waals surface area contributed by atoms with E-state index >= 15 is 0 Å². The fraction of sp³-hybridized carbons (Fsp3) is 0.216. The van der Waals surface area contributed by atoms with E-state index in [1.807, 2.05) is 80.6 Å². The third-order valence-corrected chi connectivity index (χ3v) is 8.20. The normalized spacial score (nSPS) is 11.6. The molecule has 0 aliphatic heterocycles. The number of benzene rings is 3. The monoisotopic (exact) mass is 611 g/mol. The van der Waals surface area contributed by atoms with Gasteiger partial charge >= 0.3 is 11.7 Å². The third kappa shape index (κ3) is 5.44. The molecule has 6 aromatic rings. The lowest BCUT2D eigenvalue weighted by atomic mass is 9.86. The van der Waals surface area contributed by atoms with Gasteiger partial charge in [0.25, 0.3) is 0 Å². The van der Waals surface area contributed by atoms with Crippen LogP contribution in [0.15, 0.2) is 95.9 Å². The molecule has 0 bridgehead atoms. The van der Waals surface area contributed by atoms with Crippen LogP contribution < -0.4 is 5.69 Å². The Hall–Kier alpha value is -5.59.